The van der Waals surface area contributed by atoms with Gasteiger partial charge in [0.15, 0.2) is 5.78 Å². The smallest absolute Gasteiger partial charge is 0.338 e. The van der Waals surface area contributed by atoms with Gasteiger partial charge in [0, 0.05) is 5.56 Å². The van der Waals surface area contributed by atoms with Crippen molar-refractivity contribution >= 4 is 23.4 Å². The van der Waals surface area contributed by atoms with E-state index in [1.165, 1.54) is 0 Å². The summed E-state index contributed by atoms with van der Waals surface area (Å²) in [7, 11) is 0. The number of halogens is 1. The first-order chi connectivity index (χ1) is 8.52. The third kappa shape index (κ3) is 3.10. The molecule has 0 N–H and O–H groups in total. The number of ether oxygens (including phenoxy) is 1. The van der Waals surface area contributed by atoms with Crippen LogP contribution in [-0.4, -0.2) is 23.7 Å². The van der Waals surface area contributed by atoms with E-state index in [2.05, 4.69) is 0 Å². The van der Waals surface area contributed by atoms with Crippen LogP contribution in [0.15, 0.2) is 18.2 Å². The molecule has 0 radical (unpaired) electrons. The molecular weight excluding hydrogens is 252 g/mol. The van der Waals surface area contributed by atoms with E-state index in [9.17, 15) is 9.59 Å². The average Bonchev–Trinajstić information content (AvgIpc) is 2.36. The minimum absolute atomic E-state index is 0.167. The van der Waals surface area contributed by atoms with Gasteiger partial charge in [-0.2, -0.15) is 0 Å². The highest BCUT2D eigenvalue weighted by molar-refractivity contribution is 6.33. The summed E-state index contributed by atoms with van der Waals surface area (Å²) in [6, 6.07) is 5.05. The summed E-state index contributed by atoms with van der Waals surface area (Å²) >= 11 is 5.82. The van der Waals surface area contributed by atoms with Crippen molar-refractivity contribution < 1.29 is 14.3 Å². The van der Waals surface area contributed by atoms with Crippen molar-refractivity contribution in [3.05, 3.63) is 34.9 Å². The second-order valence-corrected chi connectivity index (χ2v) is 4.54. The molecule has 1 aromatic rings. The largest absolute Gasteiger partial charge is 0.462 e. The van der Waals surface area contributed by atoms with Crippen molar-refractivity contribution in [2.45, 2.75) is 32.6 Å². The highest BCUT2D eigenvalue weighted by atomic mass is 35.5. The number of esters is 1. The van der Waals surface area contributed by atoms with Crippen LogP contribution in [0.5, 0.6) is 0 Å². The monoisotopic (exact) mass is 268 g/mol. The minimum Gasteiger partial charge on any atom is -0.462 e. The zero-order chi connectivity index (χ0) is 13.7. The number of carbonyl (C=O) groups is 2. The third-order valence-corrected chi connectivity index (χ3v) is 2.85. The Bertz CT molecular complexity index is 452. The Labute approximate surface area is 112 Å². The molecule has 0 spiro atoms. The van der Waals surface area contributed by atoms with Crippen LogP contribution in [0.3, 0.4) is 0 Å². The van der Waals surface area contributed by atoms with Gasteiger partial charge in [-0.25, -0.2) is 4.79 Å². The molecule has 3 nitrogen and oxygen atoms in total. The van der Waals surface area contributed by atoms with E-state index in [-0.39, 0.29) is 5.78 Å². The van der Waals surface area contributed by atoms with Crippen LogP contribution >= 0.6 is 11.6 Å². The molecule has 0 saturated heterocycles. The molecule has 1 atom stereocenters. The number of alkyl halides is 1. The molecule has 1 rings (SSSR count). The number of carbonyl (C=O) groups excluding carboxylic acids is 2. The van der Waals surface area contributed by atoms with Gasteiger partial charge in [0.2, 0.25) is 0 Å². The molecular formula is C14H17ClO3. The van der Waals surface area contributed by atoms with Crippen molar-refractivity contribution in [2.75, 3.05) is 6.61 Å². The van der Waals surface area contributed by atoms with Gasteiger partial charge in [-0.3, -0.25) is 4.79 Å². The normalized spacial score (nSPS) is 12.0. The standard InChI is InChI=1S/C14H17ClO3/c1-4-10-11(13(16)9(3)15)7-6-8-12(10)14(17)18-5-2/h6-9H,4-5H2,1-3H3. The number of rotatable bonds is 5. The summed E-state index contributed by atoms with van der Waals surface area (Å²) in [6.45, 7) is 5.58. The van der Waals surface area contributed by atoms with Crippen molar-refractivity contribution in [1.82, 2.24) is 0 Å². The van der Waals surface area contributed by atoms with Gasteiger partial charge in [0.05, 0.1) is 17.5 Å². The minimum atomic E-state index is -0.604. The molecule has 4 heteroatoms. The van der Waals surface area contributed by atoms with Crippen molar-refractivity contribution in [2.24, 2.45) is 0 Å². The highest BCUT2D eigenvalue weighted by Gasteiger charge is 2.20. The van der Waals surface area contributed by atoms with E-state index < -0.39 is 11.3 Å². The van der Waals surface area contributed by atoms with E-state index in [1.807, 2.05) is 6.92 Å². The maximum atomic E-state index is 12.0. The number of ketones is 1. The fraction of sp³-hybridized carbons (Fsp3) is 0.429. The summed E-state index contributed by atoms with van der Waals surface area (Å²) < 4.78 is 4.98. The van der Waals surface area contributed by atoms with Crippen molar-refractivity contribution in [1.29, 1.82) is 0 Å². The molecule has 0 amide bonds. The van der Waals surface area contributed by atoms with Crippen molar-refractivity contribution in [3.8, 4) is 0 Å². The maximum Gasteiger partial charge on any atom is 0.338 e. The summed E-state index contributed by atoms with van der Waals surface area (Å²) in [5.74, 6) is -0.564. The zero-order valence-electron chi connectivity index (χ0n) is 10.8. The van der Waals surface area contributed by atoms with E-state index in [0.717, 1.165) is 0 Å². The first kappa shape index (κ1) is 14.7. The Kier molecular flexibility index (Phi) is 5.35. The van der Waals surface area contributed by atoms with Gasteiger partial charge in [-0.1, -0.05) is 19.1 Å². The Balaban J connectivity index is 3.26. The molecule has 0 aromatic heterocycles. The Morgan fingerprint density at radius 3 is 2.39 bits per heavy atom. The first-order valence-electron chi connectivity index (χ1n) is 6.00. The molecule has 1 unspecified atom stereocenters. The van der Waals surface area contributed by atoms with Crippen LogP contribution in [-0.2, 0) is 11.2 Å². The second kappa shape index (κ2) is 6.55. The van der Waals surface area contributed by atoms with E-state index in [0.29, 0.717) is 29.7 Å². The summed E-state index contributed by atoms with van der Waals surface area (Å²) in [5.41, 5.74) is 1.65. The molecule has 0 fully saturated rings. The number of hydrogen-bond acceptors (Lipinski definition) is 3. The highest BCUT2D eigenvalue weighted by Crippen LogP contribution is 2.20. The molecule has 0 aliphatic carbocycles. The predicted molar refractivity (Wildman–Crippen MR) is 71.4 cm³/mol. The van der Waals surface area contributed by atoms with E-state index in [1.54, 1.807) is 32.0 Å². The topological polar surface area (TPSA) is 43.4 Å². The summed E-state index contributed by atoms with van der Waals surface area (Å²) in [4.78, 5) is 23.8. The van der Waals surface area contributed by atoms with E-state index in [4.69, 9.17) is 16.3 Å². The van der Waals surface area contributed by atoms with Gasteiger partial charge in [0.1, 0.15) is 0 Å². The van der Waals surface area contributed by atoms with E-state index >= 15 is 0 Å². The maximum absolute atomic E-state index is 12.0. The van der Waals surface area contributed by atoms with Crippen molar-refractivity contribution in [3.63, 3.8) is 0 Å². The lowest BCUT2D eigenvalue weighted by atomic mass is 9.95. The fourth-order valence-electron chi connectivity index (χ4n) is 1.81. The molecule has 0 aliphatic rings. The van der Waals surface area contributed by atoms with Gasteiger partial charge in [-0.05, 0) is 31.9 Å². The van der Waals surface area contributed by atoms with Gasteiger partial charge < -0.3 is 4.74 Å². The van der Waals surface area contributed by atoms with Crippen LogP contribution in [0, 0.1) is 0 Å². The van der Waals surface area contributed by atoms with Crippen LogP contribution in [0.2, 0.25) is 0 Å². The fourth-order valence-corrected chi connectivity index (χ4v) is 1.93. The Morgan fingerprint density at radius 2 is 1.89 bits per heavy atom. The lowest BCUT2D eigenvalue weighted by molar-refractivity contribution is 0.0525. The number of benzene rings is 1. The molecule has 1 aromatic carbocycles. The van der Waals surface area contributed by atoms with Gasteiger partial charge in [0.25, 0.3) is 0 Å². The van der Waals surface area contributed by atoms with Gasteiger partial charge in [-0.15, -0.1) is 11.6 Å². The Hall–Kier alpha value is -1.35. The van der Waals surface area contributed by atoms with Crippen LogP contribution in [0.1, 0.15) is 47.1 Å². The molecule has 0 aliphatic heterocycles. The molecule has 18 heavy (non-hydrogen) atoms. The lowest BCUT2D eigenvalue weighted by Gasteiger charge is -2.12. The number of hydrogen-bond donors (Lipinski definition) is 0. The molecule has 0 heterocycles. The molecule has 0 saturated carbocycles. The summed E-state index contributed by atoms with van der Waals surface area (Å²) in [5, 5.41) is -0.604. The van der Waals surface area contributed by atoms with Crippen LogP contribution < -0.4 is 0 Å². The van der Waals surface area contributed by atoms with Gasteiger partial charge >= 0.3 is 5.97 Å². The molecule has 98 valence electrons. The predicted octanol–water partition coefficient (Wildman–Crippen LogP) is 3.24. The first-order valence-corrected chi connectivity index (χ1v) is 6.43. The quantitative estimate of drug-likeness (QED) is 0.468. The van der Waals surface area contributed by atoms with Crippen LogP contribution in [0.4, 0.5) is 0 Å². The molecule has 0 bridgehead atoms. The van der Waals surface area contributed by atoms with Crippen LogP contribution in [0.25, 0.3) is 0 Å². The Morgan fingerprint density at radius 1 is 1.28 bits per heavy atom. The average molecular weight is 269 g/mol. The lowest BCUT2D eigenvalue weighted by Crippen LogP contribution is -2.16. The third-order valence-electron chi connectivity index (χ3n) is 2.65. The SMILES string of the molecule is CCOC(=O)c1cccc(C(=O)C(C)Cl)c1CC. The zero-order valence-corrected chi connectivity index (χ0v) is 11.6. The number of Topliss-reactive ketones (excluding diaryl/α,β-unsaturated/α-hetero) is 1. The summed E-state index contributed by atoms with van der Waals surface area (Å²) in [6.07, 6.45) is 0.583. The second-order valence-electron chi connectivity index (χ2n) is 3.89.